The molecule has 0 unspecified atom stereocenters. The fraction of sp³-hybridized carbons (Fsp3) is 0.0833. The molecule has 29 heavy (non-hydrogen) atoms. The Balaban J connectivity index is 1.42. The van der Waals surface area contributed by atoms with Crippen molar-refractivity contribution in [2.45, 2.75) is 12.8 Å². The van der Waals surface area contributed by atoms with Crippen LogP contribution in [0.15, 0.2) is 66.7 Å². The summed E-state index contributed by atoms with van der Waals surface area (Å²) in [7, 11) is 0. The zero-order chi connectivity index (χ0) is 20.0. The summed E-state index contributed by atoms with van der Waals surface area (Å²) in [6.45, 7) is 0. The number of hydrogen-bond acceptors (Lipinski definition) is 2. The number of anilines is 1. The normalized spacial score (nSPS) is 12.3. The van der Waals surface area contributed by atoms with Gasteiger partial charge in [-0.05, 0) is 65.2 Å². The van der Waals surface area contributed by atoms with E-state index in [1.807, 2.05) is 36.4 Å². The summed E-state index contributed by atoms with van der Waals surface area (Å²) in [5.41, 5.74) is 4.17. The Hall–Kier alpha value is -2.95. The van der Waals surface area contributed by atoms with E-state index < -0.39 is 0 Å². The summed E-state index contributed by atoms with van der Waals surface area (Å²) in [6.07, 6.45) is 2.14. The molecule has 0 heterocycles. The Kier molecular flexibility index (Phi) is 4.46. The predicted octanol–water partition coefficient (Wildman–Crippen LogP) is 5.87. The number of amides is 1. The maximum Gasteiger partial charge on any atom is 0.258 e. The standard InChI is InChI=1S/C24H17ClN2OS/c25-20-9-3-5-16-17(20)6-2-7-18(16)23(28)27-24(29)26-21-13-12-15-11-10-14-4-1-8-19(21)22(14)15/h1-9,12-13H,10-11H2,(H2,26,27,28,29). The number of halogens is 1. The number of aryl methyl sites for hydroxylation is 2. The molecule has 0 spiro atoms. The number of thiocarbonyl (C=S) groups is 1. The molecule has 0 bridgehead atoms. The molecule has 1 amide bonds. The second-order valence-corrected chi connectivity index (χ2v) is 7.98. The van der Waals surface area contributed by atoms with Gasteiger partial charge in [-0.15, -0.1) is 0 Å². The SMILES string of the molecule is O=C(NC(=S)Nc1ccc2c3c(cccc13)CC2)c1cccc2c(Cl)cccc12. The highest BCUT2D eigenvalue weighted by Gasteiger charge is 2.17. The largest absolute Gasteiger partial charge is 0.332 e. The third kappa shape index (κ3) is 3.15. The van der Waals surface area contributed by atoms with Gasteiger partial charge in [0.2, 0.25) is 0 Å². The first-order valence-corrected chi connectivity index (χ1v) is 10.2. The molecule has 0 aliphatic heterocycles. The summed E-state index contributed by atoms with van der Waals surface area (Å²) in [6, 6.07) is 21.5. The van der Waals surface area contributed by atoms with E-state index in [0.29, 0.717) is 10.6 Å². The molecule has 4 aromatic rings. The molecule has 0 saturated carbocycles. The lowest BCUT2D eigenvalue weighted by Crippen LogP contribution is -2.34. The molecule has 0 aromatic heterocycles. The molecule has 5 heteroatoms. The van der Waals surface area contributed by atoms with Gasteiger partial charge in [-0.25, -0.2) is 0 Å². The molecule has 3 nitrogen and oxygen atoms in total. The van der Waals surface area contributed by atoms with E-state index in [1.54, 1.807) is 6.07 Å². The minimum Gasteiger partial charge on any atom is -0.332 e. The van der Waals surface area contributed by atoms with Crippen molar-refractivity contribution in [2.75, 3.05) is 5.32 Å². The molecule has 0 saturated heterocycles. The van der Waals surface area contributed by atoms with E-state index >= 15 is 0 Å². The lowest BCUT2D eigenvalue weighted by molar-refractivity contribution is 0.0979. The second-order valence-electron chi connectivity index (χ2n) is 7.16. The highest BCUT2D eigenvalue weighted by Crippen LogP contribution is 2.35. The van der Waals surface area contributed by atoms with Crippen molar-refractivity contribution in [2.24, 2.45) is 0 Å². The van der Waals surface area contributed by atoms with Crippen LogP contribution in [0.4, 0.5) is 5.69 Å². The van der Waals surface area contributed by atoms with E-state index in [0.717, 1.165) is 34.7 Å². The highest BCUT2D eigenvalue weighted by molar-refractivity contribution is 7.80. The Morgan fingerprint density at radius 3 is 2.38 bits per heavy atom. The molecule has 142 valence electrons. The fourth-order valence-corrected chi connectivity index (χ4v) is 4.59. The lowest BCUT2D eigenvalue weighted by atomic mass is 10.0. The molecular formula is C24H17ClN2OS. The van der Waals surface area contributed by atoms with Gasteiger partial charge in [0.1, 0.15) is 0 Å². The van der Waals surface area contributed by atoms with Gasteiger partial charge >= 0.3 is 0 Å². The number of nitrogens with one attached hydrogen (secondary N) is 2. The van der Waals surface area contributed by atoms with Crippen LogP contribution in [0.1, 0.15) is 21.5 Å². The number of rotatable bonds is 2. The third-order valence-electron chi connectivity index (χ3n) is 5.47. The van der Waals surface area contributed by atoms with Gasteiger partial charge in [-0.1, -0.05) is 60.1 Å². The zero-order valence-corrected chi connectivity index (χ0v) is 17.0. The molecule has 0 fully saturated rings. The van der Waals surface area contributed by atoms with Crippen LogP contribution in [-0.2, 0) is 12.8 Å². The van der Waals surface area contributed by atoms with Gasteiger partial charge in [0.05, 0.1) is 0 Å². The summed E-state index contributed by atoms with van der Waals surface area (Å²) in [4.78, 5) is 12.9. The number of benzene rings is 4. The van der Waals surface area contributed by atoms with Crippen LogP contribution in [0, 0.1) is 0 Å². The van der Waals surface area contributed by atoms with E-state index in [2.05, 4.69) is 34.9 Å². The average Bonchev–Trinajstić information content (AvgIpc) is 3.15. The van der Waals surface area contributed by atoms with Crippen LogP contribution < -0.4 is 10.6 Å². The second kappa shape index (κ2) is 7.14. The third-order valence-corrected chi connectivity index (χ3v) is 6.00. The molecule has 1 aliphatic carbocycles. The topological polar surface area (TPSA) is 41.1 Å². The van der Waals surface area contributed by atoms with Gasteiger partial charge in [-0.3, -0.25) is 10.1 Å². The first-order chi connectivity index (χ1) is 14.1. The quantitative estimate of drug-likeness (QED) is 0.401. The summed E-state index contributed by atoms with van der Waals surface area (Å²) in [5.74, 6) is -0.263. The predicted molar refractivity (Wildman–Crippen MR) is 124 cm³/mol. The molecule has 2 N–H and O–H groups in total. The number of hydrogen-bond donors (Lipinski definition) is 2. The smallest absolute Gasteiger partial charge is 0.258 e. The molecular weight excluding hydrogens is 400 g/mol. The van der Waals surface area contributed by atoms with Crippen molar-refractivity contribution in [1.82, 2.24) is 5.32 Å². The van der Waals surface area contributed by atoms with Gasteiger partial charge in [0.25, 0.3) is 5.91 Å². The summed E-state index contributed by atoms with van der Waals surface area (Å²) < 4.78 is 0. The molecule has 4 aromatic carbocycles. The minimum atomic E-state index is -0.263. The van der Waals surface area contributed by atoms with Gasteiger partial charge in [-0.2, -0.15) is 0 Å². The lowest BCUT2D eigenvalue weighted by Gasteiger charge is -2.14. The maximum atomic E-state index is 12.9. The number of carbonyl (C=O) groups excluding carboxylic acids is 1. The Bertz CT molecular complexity index is 1310. The summed E-state index contributed by atoms with van der Waals surface area (Å²) >= 11 is 11.7. The monoisotopic (exact) mass is 416 g/mol. The van der Waals surface area contributed by atoms with Crippen molar-refractivity contribution in [3.05, 3.63) is 88.4 Å². The Morgan fingerprint density at radius 1 is 0.828 bits per heavy atom. The van der Waals surface area contributed by atoms with Crippen molar-refractivity contribution in [3.8, 4) is 0 Å². The molecule has 5 rings (SSSR count). The molecule has 1 aliphatic rings. The zero-order valence-electron chi connectivity index (χ0n) is 15.5. The van der Waals surface area contributed by atoms with Gasteiger partial charge in [0.15, 0.2) is 5.11 Å². The van der Waals surface area contributed by atoms with Gasteiger partial charge < -0.3 is 5.32 Å². The van der Waals surface area contributed by atoms with Crippen molar-refractivity contribution >= 4 is 62.1 Å². The van der Waals surface area contributed by atoms with Gasteiger partial charge in [0, 0.05) is 27.0 Å². The van der Waals surface area contributed by atoms with Crippen LogP contribution in [0.2, 0.25) is 5.02 Å². The van der Waals surface area contributed by atoms with E-state index in [-0.39, 0.29) is 11.0 Å². The van der Waals surface area contributed by atoms with E-state index in [1.165, 1.54) is 16.5 Å². The van der Waals surface area contributed by atoms with Crippen LogP contribution in [0.25, 0.3) is 21.5 Å². The Morgan fingerprint density at radius 2 is 1.52 bits per heavy atom. The van der Waals surface area contributed by atoms with Crippen molar-refractivity contribution in [1.29, 1.82) is 0 Å². The van der Waals surface area contributed by atoms with Crippen LogP contribution >= 0.6 is 23.8 Å². The molecule has 0 atom stereocenters. The minimum absolute atomic E-state index is 0.263. The highest BCUT2D eigenvalue weighted by atomic mass is 35.5. The fourth-order valence-electron chi connectivity index (χ4n) is 4.15. The Labute approximate surface area is 178 Å². The first kappa shape index (κ1) is 18.1. The summed E-state index contributed by atoms with van der Waals surface area (Å²) in [5, 5.41) is 11.0. The van der Waals surface area contributed by atoms with Crippen LogP contribution in [-0.4, -0.2) is 11.0 Å². The van der Waals surface area contributed by atoms with Crippen molar-refractivity contribution in [3.63, 3.8) is 0 Å². The first-order valence-electron chi connectivity index (χ1n) is 9.45. The number of carbonyl (C=O) groups is 1. The average molecular weight is 417 g/mol. The van der Waals surface area contributed by atoms with E-state index in [9.17, 15) is 4.79 Å². The van der Waals surface area contributed by atoms with E-state index in [4.69, 9.17) is 23.8 Å². The molecule has 0 radical (unpaired) electrons. The number of fused-ring (bicyclic) bond motifs is 1. The maximum absolute atomic E-state index is 12.9. The van der Waals surface area contributed by atoms with Crippen molar-refractivity contribution < 1.29 is 4.79 Å². The van der Waals surface area contributed by atoms with Crippen LogP contribution in [0.5, 0.6) is 0 Å². The van der Waals surface area contributed by atoms with Crippen LogP contribution in [0.3, 0.4) is 0 Å².